The molecule has 0 amide bonds. The van der Waals surface area contributed by atoms with Crippen molar-refractivity contribution < 1.29 is 9.53 Å². The summed E-state index contributed by atoms with van der Waals surface area (Å²) in [6.45, 7) is 7.54. The molecule has 6 heteroatoms. The van der Waals surface area contributed by atoms with E-state index in [0.29, 0.717) is 19.6 Å². The Morgan fingerprint density at radius 1 is 1.25 bits per heavy atom. The first-order chi connectivity index (χ1) is 9.24. The monoisotopic (exact) mass is 397 g/mol. The van der Waals surface area contributed by atoms with Crippen LogP contribution in [-0.4, -0.2) is 38.7 Å². The molecule has 0 aliphatic heterocycles. The second-order valence-electron chi connectivity index (χ2n) is 4.14. The summed E-state index contributed by atoms with van der Waals surface area (Å²) in [5, 5.41) is 6.33. The molecule has 0 saturated carbocycles. The molecule has 0 aliphatic carbocycles. The van der Waals surface area contributed by atoms with Gasteiger partial charge in [0.1, 0.15) is 0 Å². The van der Waals surface area contributed by atoms with Crippen LogP contribution in [0.1, 0.15) is 39.0 Å². The lowest BCUT2D eigenvalue weighted by Gasteiger charge is -2.10. The molecule has 5 nitrogen and oxygen atoms in total. The third-order valence-electron chi connectivity index (χ3n) is 2.54. The zero-order chi connectivity index (χ0) is 14.3. The van der Waals surface area contributed by atoms with Crippen molar-refractivity contribution in [3.05, 3.63) is 12.7 Å². The molecule has 20 heavy (non-hydrogen) atoms. The number of halogens is 1. The molecule has 0 spiro atoms. The van der Waals surface area contributed by atoms with Crippen molar-refractivity contribution in [2.24, 2.45) is 4.99 Å². The number of nitrogens with zero attached hydrogens (tertiary/aromatic N) is 1. The van der Waals surface area contributed by atoms with Crippen LogP contribution in [-0.2, 0) is 9.53 Å². The molecule has 2 N–H and O–H groups in total. The van der Waals surface area contributed by atoms with Gasteiger partial charge in [0.05, 0.1) is 6.61 Å². The van der Waals surface area contributed by atoms with Gasteiger partial charge in [-0.25, -0.2) is 0 Å². The smallest absolute Gasteiger partial charge is 0.305 e. The molecular weight excluding hydrogens is 369 g/mol. The number of carbonyl (C=O) groups is 1. The molecular formula is C14H28IN3O2. The first-order valence-electron chi connectivity index (χ1n) is 6.95. The summed E-state index contributed by atoms with van der Waals surface area (Å²) in [5.41, 5.74) is 0. The highest BCUT2D eigenvalue weighted by Gasteiger charge is 2.00. The van der Waals surface area contributed by atoms with Crippen LogP contribution in [0.3, 0.4) is 0 Å². The number of rotatable bonds is 10. The van der Waals surface area contributed by atoms with E-state index in [1.807, 2.05) is 6.92 Å². The van der Waals surface area contributed by atoms with E-state index in [4.69, 9.17) is 4.74 Å². The Balaban J connectivity index is 0. The molecule has 0 aromatic carbocycles. The van der Waals surface area contributed by atoms with E-state index in [9.17, 15) is 4.79 Å². The fraction of sp³-hybridized carbons (Fsp3) is 0.714. The minimum absolute atomic E-state index is 0. The van der Waals surface area contributed by atoms with Crippen molar-refractivity contribution in [1.29, 1.82) is 0 Å². The van der Waals surface area contributed by atoms with Gasteiger partial charge in [-0.3, -0.25) is 9.79 Å². The Morgan fingerprint density at radius 3 is 2.55 bits per heavy atom. The van der Waals surface area contributed by atoms with Gasteiger partial charge >= 0.3 is 5.97 Å². The molecule has 0 rings (SSSR count). The zero-order valence-electron chi connectivity index (χ0n) is 12.6. The first-order valence-corrected chi connectivity index (χ1v) is 6.95. The highest BCUT2D eigenvalue weighted by molar-refractivity contribution is 14.0. The fourth-order valence-corrected chi connectivity index (χ4v) is 1.58. The Hall–Kier alpha value is -0.790. The second-order valence-corrected chi connectivity index (χ2v) is 4.14. The molecule has 0 bridgehead atoms. The number of aliphatic imine (C=N–C) groups is 1. The number of nitrogens with one attached hydrogen (secondary N) is 2. The summed E-state index contributed by atoms with van der Waals surface area (Å²) < 4.78 is 4.87. The van der Waals surface area contributed by atoms with Crippen LogP contribution in [0.25, 0.3) is 0 Å². The highest BCUT2D eigenvalue weighted by Crippen LogP contribution is 2.03. The van der Waals surface area contributed by atoms with E-state index in [-0.39, 0.29) is 29.9 Å². The molecule has 0 radical (unpaired) electrons. The highest BCUT2D eigenvalue weighted by atomic mass is 127. The lowest BCUT2D eigenvalue weighted by molar-refractivity contribution is -0.143. The minimum atomic E-state index is -0.0883. The Morgan fingerprint density at radius 2 is 1.95 bits per heavy atom. The van der Waals surface area contributed by atoms with E-state index < -0.39 is 0 Å². The van der Waals surface area contributed by atoms with Gasteiger partial charge in [0.25, 0.3) is 0 Å². The molecule has 0 fully saturated rings. The number of ether oxygens (including phenoxy) is 1. The molecule has 0 aliphatic rings. The van der Waals surface area contributed by atoms with E-state index in [0.717, 1.165) is 38.2 Å². The number of guanidine groups is 1. The summed E-state index contributed by atoms with van der Waals surface area (Å²) in [4.78, 5) is 15.2. The van der Waals surface area contributed by atoms with Crippen LogP contribution < -0.4 is 10.6 Å². The third kappa shape index (κ3) is 13.6. The fourth-order valence-electron chi connectivity index (χ4n) is 1.58. The minimum Gasteiger partial charge on any atom is -0.466 e. The topological polar surface area (TPSA) is 62.7 Å². The second kappa shape index (κ2) is 16.3. The number of hydrogen-bond acceptors (Lipinski definition) is 3. The van der Waals surface area contributed by atoms with Gasteiger partial charge in [0.2, 0.25) is 0 Å². The van der Waals surface area contributed by atoms with Crippen LogP contribution >= 0.6 is 24.0 Å². The predicted molar refractivity (Wildman–Crippen MR) is 94.7 cm³/mol. The summed E-state index contributed by atoms with van der Waals surface area (Å²) in [6.07, 6.45) is 6.45. The van der Waals surface area contributed by atoms with Gasteiger partial charge in [-0.2, -0.15) is 0 Å². The number of carbonyl (C=O) groups excluding carboxylic acids is 1. The molecule has 0 unspecified atom stereocenters. The maximum absolute atomic E-state index is 11.1. The quantitative estimate of drug-likeness (QED) is 0.149. The SMILES string of the molecule is C=CCNC(=NC)NCCCCCCC(=O)OCC.I. The van der Waals surface area contributed by atoms with Crippen molar-refractivity contribution in [2.75, 3.05) is 26.7 Å². The van der Waals surface area contributed by atoms with Gasteiger partial charge in [-0.15, -0.1) is 30.6 Å². The van der Waals surface area contributed by atoms with Gasteiger partial charge in [-0.1, -0.05) is 18.9 Å². The van der Waals surface area contributed by atoms with Crippen molar-refractivity contribution in [1.82, 2.24) is 10.6 Å². The number of hydrogen-bond donors (Lipinski definition) is 2. The van der Waals surface area contributed by atoms with Crippen molar-refractivity contribution in [3.63, 3.8) is 0 Å². The third-order valence-corrected chi connectivity index (χ3v) is 2.54. The molecule has 0 atom stereocenters. The summed E-state index contributed by atoms with van der Waals surface area (Å²) in [6, 6.07) is 0. The number of unbranched alkanes of at least 4 members (excludes halogenated alkanes) is 3. The molecule has 0 aromatic heterocycles. The maximum Gasteiger partial charge on any atom is 0.305 e. The molecule has 118 valence electrons. The largest absolute Gasteiger partial charge is 0.466 e. The maximum atomic E-state index is 11.1. The van der Waals surface area contributed by atoms with Gasteiger partial charge in [0, 0.05) is 26.6 Å². The normalized spacial score (nSPS) is 10.4. The van der Waals surface area contributed by atoms with Crippen LogP contribution in [0.2, 0.25) is 0 Å². The molecule has 0 saturated heterocycles. The van der Waals surface area contributed by atoms with Gasteiger partial charge < -0.3 is 15.4 Å². The zero-order valence-corrected chi connectivity index (χ0v) is 14.9. The van der Waals surface area contributed by atoms with Crippen molar-refractivity contribution in [2.45, 2.75) is 39.0 Å². The molecule has 0 heterocycles. The van der Waals surface area contributed by atoms with Crippen LogP contribution in [0.15, 0.2) is 17.6 Å². The lowest BCUT2D eigenvalue weighted by Crippen LogP contribution is -2.37. The summed E-state index contributed by atoms with van der Waals surface area (Å²) in [5.74, 6) is 0.709. The van der Waals surface area contributed by atoms with E-state index in [2.05, 4.69) is 22.2 Å². The van der Waals surface area contributed by atoms with Crippen LogP contribution in [0.5, 0.6) is 0 Å². The predicted octanol–water partition coefficient (Wildman–Crippen LogP) is 2.47. The Bertz CT molecular complexity index is 284. The lowest BCUT2D eigenvalue weighted by atomic mass is 10.1. The average Bonchev–Trinajstić information content (AvgIpc) is 2.41. The standard InChI is InChI=1S/C14H27N3O2.HI/c1-4-11-16-14(15-3)17-12-9-7-6-8-10-13(18)19-5-2;/h4H,1,5-12H2,2-3H3,(H2,15,16,17);1H. The Kier molecular flexibility index (Phi) is 17.5. The van der Waals surface area contributed by atoms with E-state index in [1.165, 1.54) is 0 Å². The van der Waals surface area contributed by atoms with E-state index >= 15 is 0 Å². The van der Waals surface area contributed by atoms with E-state index in [1.54, 1.807) is 13.1 Å². The average molecular weight is 397 g/mol. The first kappa shape index (κ1) is 21.5. The Labute approximate surface area is 139 Å². The van der Waals surface area contributed by atoms with Gasteiger partial charge in [-0.05, 0) is 19.8 Å². The molecule has 0 aromatic rings. The van der Waals surface area contributed by atoms with Crippen LogP contribution in [0.4, 0.5) is 0 Å². The van der Waals surface area contributed by atoms with Crippen LogP contribution in [0, 0.1) is 0 Å². The van der Waals surface area contributed by atoms with Crippen molar-refractivity contribution in [3.8, 4) is 0 Å². The number of esters is 1. The summed E-state index contributed by atoms with van der Waals surface area (Å²) >= 11 is 0. The van der Waals surface area contributed by atoms with Crippen molar-refractivity contribution >= 4 is 35.9 Å². The summed E-state index contributed by atoms with van der Waals surface area (Å²) in [7, 11) is 1.75. The van der Waals surface area contributed by atoms with Gasteiger partial charge in [0.15, 0.2) is 5.96 Å².